The van der Waals surface area contributed by atoms with Crippen molar-refractivity contribution in [3.05, 3.63) is 60.2 Å². The van der Waals surface area contributed by atoms with Crippen LogP contribution < -0.4 is 14.8 Å². The van der Waals surface area contributed by atoms with Gasteiger partial charge in [0.15, 0.2) is 0 Å². The van der Waals surface area contributed by atoms with Gasteiger partial charge in [0, 0.05) is 13.1 Å². The van der Waals surface area contributed by atoms with Gasteiger partial charge in [0.25, 0.3) is 5.91 Å². The molecular formula is C22H28N2O3. The lowest BCUT2D eigenvalue weighted by Crippen LogP contribution is -2.42. The second kappa shape index (κ2) is 9.97. The van der Waals surface area contributed by atoms with Crippen LogP contribution in [0.2, 0.25) is 0 Å². The van der Waals surface area contributed by atoms with Crippen molar-refractivity contribution in [1.29, 1.82) is 0 Å². The Hall–Kier alpha value is -2.53. The molecule has 2 aromatic carbocycles. The average Bonchev–Trinajstić information content (AvgIpc) is 2.72. The van der Waals surface area contributed by atoms with Crippen LogP contribution in [0.5, 0.6) is 11.5 Å². The minimum atomic E-state index is 0.0513. The molecule has 1 aliphatic heterocycles. The minimum Gasteiger partial charge on any atom is -0.490 e. The Labute approximate surface area is 161 Å². The maximum atomic E-state index is 13.0. The number of benzene rings is 2. The lowest BCUT2D eigenvalue weighted by atomic mass is 9.97. The van der Waals surface area contributed by atoms with Crippen molar-refractivity contribution >= 4 is 5.91 Å². The molecule has 0 aromatic heterocycles. The minimum absolute atomic E-state index is 0.0513. The van der Waals surface area contributed by atoms with Gasteiger partial charge in [-0.2, -0.15) is 0 Å². The molecule has 1 N–H and O–H groups in total. The van der Waals surface area contributed by atoms with E-state index in [0.29, 0.717) is 30.4 Å². The van der Waals surface area contributed by atoms with Crippen molar-refractivity contribution in [2.24, 2.45) is 5.92 Å². The van der Waals surface area contributed by atoms with Crippen LogP contribution >= 0.6 is 0 Å². The number of carbonyl (C=O) groups excluding carboxylic acids is 1. The van der Waals surface area contributed by atoms with Crippen LogP contribution in [0.4, 0.5) is 0 Å². The maximum Gasteiger partial charge on any atom is 0.257 e. The van der Waals surface area contributed by atoms with Gasteiger partial charge in [0.05, 0.1) is 5.56 Å². The predicted molar refractivity (Wildman–Crippen MR) is 106 cm³/mol. The summed E-state index contributed by atoms with van der Waals surface area (Å²) in [7, 11) is 1.96. The molecule has 27 heavy (non-hydrogen) atoms. The van der Waals surface area contributed by atoms with E-state index in [9.17, 15) is 4.79 Å². The number of amides is 1. The summed E-state index contributed by atoms with van der Waals surface area (Å²) in [5, 5.41) is 3.22. The van der Waals surface area contributed by atoms with Gasteiger partial charge >= 0.3 is 0 Å². The molecule has 0 radical (unpaired) electrons. The van der Waals surface area contributed by atoms with Crippen molar-refractivity contribution in [3.8, 4) is 11.5 Å². The molecular weight excluding hydrogens is 340 g/mol. The van der Waals surface area contributed by atoms with Crippen LogP contribution in [0.1, 0.15) is 23.2 Å². The number of ether oxygens (including phenoxy) is 2. The highest BCUT2D eigenvalue weighted by atomic mass is 16.5. The summed E-state index contributed by atoms with van der Waals surface area (Å²) in [6.45, 7) is 3.37. The van der Waals surface area contributed by atoms with Gasteiger partial charge in [-0.05, 0) is 56.6 Å². The van der Waals surface area contributed by atoms with E-state index < -0.39 is 0 Å². The first-order chi connectivity index (χ1) is 13.3. The largest absolute Gasteiger partial charge is 0.490 e. The van der Waals surface area contributed by atoms with E-state index in [1.165, 1.54) is 6.42 Å². The van der Waals surface area contributed by atoms with E-state index in [2.05, 4.69) is 5.32 Å². The van der Waals surface area contributed by atoms with Crippen LogP contribution in [-0.2, 0) is 0 Å². The number of nitrogens with zero attached hydrogens (tertiary/aromatic N) is 1. The second-order valence-electron chi connectivity index (χ2n) is 6.82. The molecule has 0 saturated carbocycles. The summed E-state index contributed by atoms with van der Waals surface area (Å²) in [5.74, 6) is 2.00. The second-order valence-corrected chi connectivity index (χ2v) is 6.82. The number of hydrogen-bond acceptors (Lipinski definition) is 4. The molecule has 1 fully saturated rings. The van der Waals surface area contributed by atoms with Crippen molar-refractivity contribution in [2.45, 2.75) is 12.8 Å². The lowest BCUT2D eigenvalue weighted by molar-refractivity contribution is 0.0669. The SMILES string of the molecule is CNCC1CCCN(C(=O)c2ccccc2OCCOc2ccccc2)C1. The first-order valence-electron chi connectivity index (χ1n) is 9.61. The molecule has 1 heterocycles. The molecule has 1 unspecified atom stereocenters. The Morgan fingerprint density at radius 1 is 1.07 bits per heavy atom. The summed E-state index contributed by atoms with van der Waals surface area (Å²) in [5.41, 5.74) is 0.627. The lowest BCUT2D eigenvalue weighted by Gasteiger charge is -2.33. The van der Waals surface area contributed by atoms with Gasteiger partial charge < -0.3 is 19.7 Å². The Morgan fingerprint density at radius 3 is 2.63 bits per heavy atom. The molecule has 3 rings (SSSR count). The van der Waals surface area contributed by atoms with Crippen molar-refractivity contribution in [2.75, 3.05) is 39.9 Å². The average molecular weight is 368 g/mol. The quantitative estimate of drug-likeness (QED) is 0.727. The van der Waals surface area contributed by atoms with E-state index in [1.54, 1.807) is 0 Å². The first-order valence-corrected chi connectivity index (χ1v) is 9.61. The zero-order chi connectivity index (χ0) is 18.9. The van der Waals surface area contributed by atoms with Crippen LogP contribution in [-0.4, -0.2) is 50.7 Å². The third-order valence-corrected chi connectivity index (χ3v) is 4.77. The number of likely N-dealkylation sites (tertiary alicyclic amines) is 1. The zero-order valence-corrected chi connectivity index (χ0v) is 15.9. The Kier molecular flexibility index (Phi) is 7.11. The fraction of sp³-hybridized carbons (Fsp3) is 0.409. The van der Waals surface area contributed by atoms with Crippen LogP contribution in [0.25, 0.3) is 0 Å². The molecule has 1 saturated heterocycles. The molecule has 5 nitrogen and oxygen atoms in total. The number of carbonyl (C=O) groups is 1. The number of piperidine rings is 1. The molecule has 1 atom stereocenters. The van der Waals surface area contributed by atoms with Gasteiger partial charge in [-0.1, -0.05) is 30.3 Å². The molecule has 1 aliphatic rings. The van der Waals surface area contributed by atoms with E-state index >= 15 is 0 Å². The highest BCUT2D eigenvalue weighted by Gasteiger charge is 2.25. The highest BCUT2D eigenvalue weighted by Crippen LogP contribution is 2.23. The monoisotopic (exact) mass is 368 g/mol. The fourth-order valence-electron chi connectivity index (χ4n) is 3.47. The molecule has 0 bridgehead atoms. The molecule has 144 valence electrons. The zero-order valence-electron chi connectivity index (χ0n) is 15.9. The Balaban J connectivity index is 1.57. The summed E-state index contributed by atoms with van der Waals surface area (Å²) in [4.78, 5) is 15.0. The number of rotatable bonds is 8. The summed E-state index contributed by atoms with van der Waals surface area (Å²) >= 11 is 0. The van der Waals surface area contributed by atoms with Crippen molar-refractivity contribution in [1.82, 2.24) is 10.2 Å². The summed E-state index contributed by atoms with van der Waals surface area (Å²) < 4.78 is 11.5. The summed E-state index contributed by atoms with van der Waals surface area (Å²) in [6, 6.07) is 17.1. The molecule has 0 aliphatic carbocycles. The standard InChI is InChI=1S/C22H28N2O3/c1-23-16-18-8-7-13-24(17-18)22(25)20-11-5-6-12-21(20)27-15-14-26-19-9-3-2-4-10-19/h2-6,9-12,18,23H,7-8,13-17H2,1H3. The molecule has 5 heteroatoms. The molecule has 2 aromatic rings. The smallest absolute Gasteiger partial charge is 0.257 e. The van der Waals surface area contributed by atoms with Crippen molar-refractivity contribution < 1.29 is 14.3 Å². The van der Waals surface area contributed by atoms with Gasteiger partial charge in [0.2, 0.25) is 0 Å². The number of hydrogen-bond donors (Lipinski definition) is 1. The van der Waals surface area contributed by atoms with Gasteiger partial charge in [-0.3, -0.25) is 4.79 Å². The number of para-hydroxylation sites is 2. The van der Waals surface area contributed by atoms with Gasteiger partial charge in [-0.15, -0.1) is 0 Å². The number of nitrogens with one attached hydrogen (secondary N) is 1. The normalized spacial score (nSPS) is 16.8. The van der Waals surface area contributed by atoms with E-state index in [-0.39, 0.29) is 5.91 Å². The Morgan fingerprint density at radius 2 is 1.81 bits per heavy atom. The Bertz CT molecular complexity index is 719. The maximum absolute atomic E-state index is 13.0. The van der Waals surface area contributed by atoms with Crippen molar-refractivity contribution in [3.63, 3.8) is 0 Å². The van der Waals surface area contributed by atoms with Crippen LogP contribution in [0.3, 0.4) is 0 Å². The first kappa shape index (κ1) is 19.2. The predicted octanol–water partition coefficient (Wildman–Crippen LogP) is 3.22. The van der Waals surface area contributed by atoms with E-state index in [1.807, 2.05) is 66.5 Å². The topological polar surface area (TPSA) is 50.8 Å². The van der Waals surface area contributed by atoms with Gasteiger partial charge in [-0.25, -0.2) is 0 Å². The fourth-order valence-corrected chi connectivity index (χ4v) is 3.47. The third-order valence-electron chi connectivity index (χ3n) is 4.77. The summed E-state index contributed by atoms with van der Waals surface area (Å²) in [6.07, 6.45) is 2.21. The highest BCUT2D eigenvalue weighted by molar-refractivity contribution is 5.97. The van der Waals surface area contributed by atoms with Crippen LogP contribution in [0.15, 0.2) is 54.6 Å². The van der Waals surface area contributed by atoms with Gasteiger partial charge in [0.1, 0.15) is 24.7 Å². The van der Waals surface area contributed by atoms with E-state index in [4.69, 9.17) is 9.47 Å². The third kappa shape index (κ3) is 5.47. The molecule has 1 amide bonds. The van der Waals surface area contributed by atoms with Crippen LogP contribution in [0, 0.1) is 5.92 Å². The molecule has 0 spiro atoms. The van der Waals surface area contributed by atoms with E-state index in [0.717, 1.165) is 31.8 Å².